The quantitative estimate of drug-likeness (QED) is 0.778. The highest BCUT2D eigenvalue weighted by Gasteiger charge is 2.06. The van der Waals surface area contributed by atoms with Crippen LogP contribution in [-0.2, 0) is 18.3 Å². The molecule has 0 radical (unpaired) electrons. The number of imidazole rings is 1. The van der Waals surface area contributed by atoms with E-state index in [-0.39, 0.29) is 5.78 Å². The number of benzene rings is 1. The SMILES string of the molecule is Cc1cccc(OCCC(=O)CCc2nccn2C)c1. The van der Waals surface area contributed by atoms with Gasteiger partial charge in [-0.15, -0.1) is 0 Å². The van der Waals surface area contributed by atoms with E-state index in [9.17, 15) is 4.79 Å². The standard InChI is InChI=1S/C16H20N2O2/c1-13-4-3-5-15(12-13)20-11-8-14(19)6-7-16-17-9-10-18(16)2/h3-5,9-10,12H,6-8,11H2,1-2H3. The molecule has 0 bridgehead atoms. The normalized spacial score (nSPS) is 10.5. The molecule has 4 nitrogen and oxygen atoms in total. The van der Waals surface area contributed by atoms with Crippen molar-refractivity contribution in [3.05, 3.63) is 48.0 Å². The maximum absolute atomic E-state index is 11.8. The minimum absolute atomic E-state index is 0.209. The maximum atomic E-state index is 11.8. The Morgan fingerprint density at radius 3 is 2.90 bits per heavy atom. The van der Waals surface area contributed by atoms with Crippen molar-refractivity contribution in [3.8, 4) is 5.75 Å². The van der Waals surface area contributed by atoms with Crippen molar-refractivity contribution >= 4 is 5.78 Å². The van der Waals surface area contributed by atoms with Crippen molar-refractivity contribution in [3.63, 3.8) is 0 Å². The minimum atomic E-state index is 0.209. The fourth-order valence-electron chi connectivity index (χ4n) is 2.00. The van der Waals surface area contributed by atoms with Crippen molar-refractivity contribution in [1.82, 2.24) is 9.55 Å². The van der Waals surface area contributed by atoms with Crippen molar-refractivity contribution in [2.45, 2.75) is 26.2 Å². The van der Waals surface area contributed by atoms with Crippen molar-refractivity contribution in [2.75, 3.05) is 6.61 Å². The van der Waals surface area contributed by atoms with Gasteiger partial charge < -0.3 is 9.30 Å². The molecule has 0 atom stereocenters. The molecule has 2 rings (SSSR count). The number of hydrogen-bond acceptors (Lipinski definition) is 3. The average molecular weight is 272 g/mol. The fourth-order valence-corrected chi connectivity index (χ4v) is 2.00. The molecule has 0 saturated heterocycles. The number of carbonyl (C=O) groups is 1. The number of nitrogens with zero attached hydrogens (tertiary/aromatic N) is 2. The summed E-state index contributed by atoms with van der Waals surface area (Å²) in [6, 6.07) is 7.85. The van der Waals surface area contributed by atoms with E-state index in [4.69, 9.17) is 4.74 Å². The number of aromatic nitrogens is 2. The molecule has 1 heterocycles. The van der Waals surface area contributed by atoms with Crippen LogP contribution >= 0.6 is 0 Å². The van der Waals surface area contributed by atoms with Gasteiger partial charge in [0.1, 0.15) is 17.4 Å². The third-order valence-electron chi connectivity index (χ3n) is 3.19. The molecule has 0 spiro atoms. The van der Waals surface area contributed by atoms with Crippen LogP contribution in [-0.4, -0.2) is 21.9 Å². The van der Waals surface area contributed by atoms with Crippen LogP contribution in [0.1, 0.15) is 24.2 Å². The first-order chi connectivity index (χ1) is 9.65. The number of hydrogen-bond donors (Lipinski definition) is 0. The van der Waals surface area contributed by atoms with E-state index in [1.807, 2.05) is 49.0 Å². The van der Waals surface area contributed by atoms with Crippen molar-refractivity contribution < 1.29 is 9.53 Å². The van der Waals surface area contributed by atoms with Gasteiger partial charge in [0.25, 0.3) is 0 Å². The fraction of sp³-hybridized carbons (Fsp3) is 0.375. The summed E-state index contributed by atoms with van der Waals surface area (Å²) in [5.41, 5.74) is 1.16. The maximum Gasteiger partial charge on any atom is 0.136 e. The minimum Gasteiger partial charge on any atom is -0.493 e. The van der Waals surface area contributed by atoms with E-state index in [1.54, 1.807) is 6.20 Å². The van der Waals surface area contributed by atoms with Gasteiger partial charge in [0.2, 0.25) is 0 Å². The smallest absolute Gasteiger partial charge is 0.136 e. The molecule has 1 aromatic heterocycles. The molecule has 0 amide bonds. The molecule has 20 heavy (non-hydrogen) atoms. The van der Waals surface area contributed by atoms with Gasteiger partial charge in [0.15, 0.2) is 0 Å². The van der Waals surface area contributed by atoms with Gasteiger partial charge in [0, 0.05) is 38.7 Å². The summed E-state index contributed by atoms with van der Waals surface area (Å²) in [6.45, 7) is 2.45. The molecule has 0 aliphatic carbocycles. The number of ether oxygens (including phenoxy) is 1. The molecule has 106 valence electrons. The first kappa shape index (κ1) is 14.3. The van der Waals surface area contributed by atoms with Gasteiger partial charge in [-0.05, 0) is 24.6 Å². The van der Waals surface area contributed by atoms with E-state index in [0.717, 1.165) is 17.1 Å². The van der Waals surface area contributed by atoms with Crippen LogP contribution in [0, 0.1) is 6.92 Å². The lowest BCUT2D eigenvalue weighted by Crippen LogP contribution is -2.08. The molecule has 0 fully saturated rings. The van der Waals surface area contributed by atoms with Crippen LogP contribution < -0.4 is 4.74 Å². The molecule has 0 N–H and O–H groups in total. The first-order valence-corrected chi connectivity index (χ1v) is 6.82. The Labute approximate surface area is 119 Å². The van der Waals surface area contributed by atoms with Gasteiger partial charge in [-0.3, -0.25) is 4.79 Å². The number of ketones is 1. The molecular formula is C16H20N2O2. The van der Waals surface area contributed by atoms with E-state index in [2.05, 4.69) is 4.98 Å². The van der Waals surface area contributed by atoms with Gasteiger partial charge in [0.05, 0.1) is 6.61 Å². The zero-order valence-corrected chi connectivity index (χ0v) is 12.0. The lowest BCUT2D eigenvalue weighted by molar-refractivity contribution is -0.119. The van der Waals surface area contributed by atoms with Crippen LogP contribution in [0.2, 0.25) is 0 Å². The topological polar surface area (TPSA) is 44.1 Å². The largest absolute Gasteiger partial charge is 0.493 e. The van der Waals surface area contributed by atoms with E-state index >= 15 is 0 Å². The molecule has 2 aromatic rings. The third-order valence-corrected chi connectivity index (χ3v) is 3.19. The molecule has 0 aliphatic heterocycles. The predicted octanol–water partition coefficient (Wildman–Crippen LogP) is 2.70. The zero-order chi connectivity index (χ0) is 14.4. The molecule has 0 aliphatic rings. The highest BCUT2D eigenvalue weighted by molar-refractivity contribution is 5.78. The van der Waals surface area contributed by atoms with Crippen LogP contribution in [0.4, 0.5) is 0 Å². The summed E-state index contributed by atoms with van der Waals surface area (Å²) < 4.78 is 7.52. The van der Waals surface area contributed by atoms with Gasteiger partial charge >= 0.3 is 0 Å². The molecule has 0 saturated carbocycles. The van der Waals surface area contributed by atoms with Crippen molar-refractivity contribution in [2.24, 2.45) is 7.05 Å². The first-order valence-electron chi connectivity index (χ1n) is 6.82. The van der Waals surface area contributed by atoms with E-state index in [1.165, 1.54) is 0 Å². The van der Waals surface area contributed by atoms with Crippen molar-refractivity contribution in [1.29, 1.82) is 0 Å². The highest BCUT2D eigenvalue weighted by atomic mass is 16.5. The van der Waals surface area contributed by atoms with Gasteiger partial charge in [-0.2, -0.15) is 0 Å². The molecule has 1 aromatic carbocycles. The second-order valence-electron chi connectivity index (χ2n) is 4.91. The summed E-state index contributed by atoms with van der Waals surface area (Å²) in [5.74, 6) is 1.97. The summed E-state index contributed by atoms with van der Waals surface area (Å²) >= 11 is 0. The Hall–Kier alpha value is -2.10. The Morgan fingerprint density at radius 1 is 1.35 bits per heavy atom. The number of rotatable bonds is 7. The lowest BCUT2D eigenvalue weighted by atomic mass is 10.1. The summed E-state index contributed by atoms with van der Waals surface area (Å²) in [4.78, 5) is 16.0. The monoisotopic (exact) mass is 272 g/mol. The highest BCUT2D eigenvalue weighted by Crippen LogP contribution is 2.12. The summed E-state index contributed by atoms with van der Waals surface area (Å²) in [6.07, 6.45) is 5.29. The van der Waals surface area contributed by atoms with Gasteiger partial charge in [-0.1, -0.05) is 12.1 Å². The second kappa shape index (κ2) is 6.89. The Kier molecular flexibility index (Phi) is 4.93. The summed E-state index contributed by atoms with van der Waals surface area (Å²) in [5, 5.41) is 0. The Balaban J connectivity index is 1.69. The van der Waals surface area contributed by atoms with Crippen LogP contribution in [0.15, 0.2) is 36.7 Å². The van der Waals surface area contributed by atoms with Crippen LogP contribution in [0.3, 0.4) is 0 Å². The van der Waals surface area contributed by atoms with Gasteiger partial charge in [-0.25, -0.2) is 4.98 Å². The zero-order valence-electron chi connectivity index (χ0n) is 12.0. The molecule has 0 unspecified atom stereocenters. The Morgan fingerprint density at radius 2 is 2.20 bits per heavy atom. The number of Topliss-reactive ketones (excluding diaryl/α,β-unsaturated/α-hetero) is 1. The third kappa shape index (κ3) is 4.23. The number of carbonyl (C=O) groups excluding carboxylic acids is 1. The lowest BCUT2D eigenvalue weighted by Gasteiger charge is -2.06. The molecule has 4 heteroatoms. The predicted molar refractivity (Wildman–Crippen MR) is 77.8 cm³/mol. The van der Waals surface area contributed by atoms with E-state index < -0.39 is 0 Å². The Bertz CT molecular complexity index is 575. The van der Waals surface area contributed by atoms with E-state index in [0.29, 0.717) is 25.9 Å². The van der Waals surface area contributed by atoms with Crippen LogP contribution in [0.5, 0.6) is 5.75 Å². The second-order valence-corrected chi connectivity index (χ2v) is 4.91. The summed E-state index contributed by atoms with van der Waals surface area (Å²) in [7, 11) is 1.94. The molecular weight excluding hydrogens is 252 g/mol. The average Bonchev–Trinajstić information content (AvgIpc) is 2.82. The number of aryl methyl sites for hydroxylation is 3. The van der Waals surface area contributed by atoms with Crippen LogP contribution in [0.25, 0.3) is 0 Å².